The second-order valence-electron chi connectivity index (χ2n) is 5.93. The van der Waals surface area contributed by atoms with Crippen LogP contribution in [0.3, 0.4) is 0 Å². The molecule has 0 unspecified atom stereocenters. The minimum absolute atomic E-state index is 0.128. The van der Waals surface area contributed by atoms with Gasteiger partial charge in [-0.3, -0.25) is 4.79 Å². The molecule has 0 spiro atoms. The maximum atomic E-state index is 12.4. The van der Waals surface area contributed by atoms with Gasteiger partial charge in [0.25, 0.3) is 0 Å². The molecule has 20 heavy (non-hydrogen) atoms. The molecule has 4 nitrogen and oxygen atoms in total. The topological polar surface area (TPSA) is 57.6 Å². The van der Waals surface area contributed by atoms with E-state index >= 15 is 0 Å². The van der Waals surface area contributed by atoms with Crippen molar-refractivity contribution in [2.45, 2.75) is 52.1 Å². The summed E-state index contributed by atoms with van der Waals surface area (Å²) < 4.78 is 0. The van der Waals surface area contributed by atoms with Crippen LogP contribution in [0.4, 0.5) is 0 Å². The lowest BCUT2D eigenvalue weighted by Gasteiger charge is -2.38. The third-order valence-electron chi connectivity index (χ3n) is 3.21. The van der Waals surface area contributed by atoms with Gasteiger partial charge in [-0.1, -0.05) is 30.3 Å². The number of amides is 1. The van der Waals surface area contributed by atoms with Crippen molar-refractivity contribution < 1.29 is 14.7 Å². The third kappa shape index (κ3) is 4.37. The van der Waals surface area contributed by atoms with E-state index in [1.165, 1.54) is 4.90 Å². The second-order valence-corrected chi connectivity index (χ2v) is 5.93. The van der Waals surface area contributed by atoms with Crippen LogP contribution in [0.5, 0.6) is 0 Å². The van der Waals surface area contributed by atoms with Crippen LogP contribution in [0, 0.1) is 0 Å². The summed E-state index contributed by atoms with van der Waals surface area (Å²) in [6, 6.07) is 8.91. The number of carboxylic acid groups (broad SMARTS) is 1. The Labute approximate surface area is 120 Å². The molecule has 1 aromatic carbocycles. The Balaban J connectivity index is 2.77. The summed E-state index contributed by atoms with van der Waals surface area (Å²) in [6.45, 7) is 7.11. The van der Waals surface area contributed by atoms with Crippen molar-refractivity contribution in [3.63, 3.8) is 0 Å². The number of benzene rings is 1. The number of carbonyl (C=O) groups excluding carboxylic acids is 1. The van der Waals surface area contributed by atoms with E-state index < -0.39 is 17.6 Å². The molecular formula is C16H23NO3. The number of nitrogens with zero attached hydrogens (tertiary/aromatic N) is 1. The molecule has 110 valence electrons. The van der Waals surface area contributed by atoms with E-state index in [2.05, 4.69) is 0 Å². The molecular weight excluding hydrogens is 254 g/mol. The fourth-order valence-corrected chi connectivity index (χ4v) is 2.30. The SMILES string of the molecule is C[C@@H](C(=O)O)N(C(=O)CCc1ccccc1)C(C)(C)C. The molecule has 1 aromatic rings. The second kappa shape index (κ2) is 6.55. The lowest BCUT2D eigenvalue weighted by molar-refractivity contribution is -0.154. The van der Waals surface area contributed by atoms with E-state index in [1.54, 1.807) is 6.92 Å². The van der Waals surface area contributed by atoms with Crippen LogP contribution in [0.25, 0.3) is 0 Å². The quantitative estimate of drug-likeness (QED) is 0.900. The molecule has 0 aromatic heterocycles. The first kappa shape index (κ1) is 16.2. The highest BCUT2D eigenvalue weighted by Crippen LogP contribution is 2.19. The van der Waals surface area contributed by atoms with Gasteiger partial charge in [0.2, 0.25) is 5.91 Å². The molecule has 4 heteroatoms. The Kier molecular flexibility index (Phi) is 5.31. The maximum absolute atomic E-state index is 12.4. The fraction of sp³-hybridized carbons (Fsp3) is 0.500. The van der Waals surface area contributed by atoms with Crippen molar-refractivity contribution in [1.82, 2.24) is 4.90 Å². The summed E-state index contributed by atoms with van der Waals surface area (Å²) in [6.07, 6.45) is 0.942. The Bertz CT molecular complexity index is 462. The predicted octanol–water partition coefficient (Wildman–Crippen LogP) is 2.72. The summed E-state index contributed by atoms with van der Waals surface area (Å²) in [5.74, 6) is -1.11. The van der Waals surface area contributed by atoms with E-state index in [-0.39, 0.29) is 5.91 Å². The van der Waals surface area contributed by atoms with Gasteiger partial charge in [0.05, 0.1) is 0 Å². The Morgan fingerprint density at radius 2 is 1.75 bits per heavy atom. The molecule has 0 fully saturated rings. The molecule has 0 saturated carbocycles. The number of hydrogen-bond acceptors (Lipinski definition) is 2. The molecule has 0 radical (unpaired) electrons. The lowest BCUT2D eigenvalue weighted by atomic mass is 10.0. The first-order valence-electron chi connectivity index (χ1n) is 6.82. The van der Waals surface area contributed by atoms with Crippen LogP contribution in [0.1, 0.15) is 39.7 Å². The molecule has 1 rings (SSSR count). The van der Waals surface area contributed by atoms with Crippen molar-refractivity contribution >= 4 is 11.9 Å². The zero-order valence-electron chi connectivity index (χ0n) is 12.6. The number of aryl methyl sites for hydroxylation is 1. The summed E-state index contributed by atoms with van der Waals surface area (Å²) in [4.78, 5) is 25.0. The van der Waals surface area contributed by atoms with Gasteiger partial charge in [-0.2, -0.15) is 0 Å². The molecule has 0 aliphatic heterocycles. The van der Waals surface area contributed by atoms with Crippen molar-refractivity contribution in [2.75, 3.05) is 0 Å². The van der Waals surface area contributed by atoms with Crippen LogP contribution < -0.4 is 0 Å². The average Bonchev–Trinajstić information content (AvgIpc) is 2.36. The van der Waals surface area contributed by atoms with E-state index in [0.29, 0.717) is 12.8 Å². The van der Waals surface area contributed by atoms with Crippen molar-refractivity contribution in [1.29, 1.82) is 0 Å². The first-order valence-corrected chi connectivity index (χ1v) is 6.82. The Morgan fingerprint density at radius 3 is 2.20 bits per heavy atom. The molecule has 1 atom stereocenters. The van der Waals surface area contributed by atoms with Gasteiger partial charge < -0.3 is 10.0 Å². The lowest BCUT2D eigenvalue weighted by Crippen LogP contribution is -2.53. The van der Waals surface area contributed by atoms with Crippen LogP contribution >= 0.6 is 0 Å². The van der Waals surface area contributed by atoms with Crippen LogP contribution in [0.15, 0.2) is 30.3 Å². The summed E-state index contributed by atoms with van der Waals surface area (Å²) in [7, 11) is 0. The standard InChI is InChI=1S/C16H23NO3/c1-12(15(19)20)17(16(2,3)4)14(18)11-10-13-8-6-5-7-9-13/h5-9,12H,10-11H2,1-4H3,(H,19,20)/t12-/m0/s1. The molecule has 0 aliphatic rings. The molecule has 0 heterocycles. The van der Waals surface area contributed by atoms with Crippen LogP contribution in [0.2, 0.25) is 0 Å². The largest absolute Gasteiger partial charge is 0.480 e. The monoisotopic (exact) mass is 277 g/mol. The van der Waals surface area contributed by atoms with Crippen LogP contribution in [-0.4, -0.2) is 33.5 Å². The molecule has 0 saturated heterocycles. The van der Waals surface area contributed by atoms with E-state index in [1.807, 2.05) is 51.1 Å². The Hall–Kier alpha value is -1.84. The van der Waals surface area contributed by atoms with Gasteiger partial charge in [-0.15, -0.1) is 0 Å². The van der Waals surface area contributed by atoms with Gasteiger partial charge >= 0.3 is 5.97 Å². The first-order chi connectivity index (χ1) is 9.23. The molecule has 0 aliphatic carbocycles. The number of aliphatic carboxylic acids is 1. The zero-order chi connectivity index (χ0) is 15.3. The smallest absolute Gasteiger partial charge is 0.326 e. The predicted molar refractivity (Wildman–Crippen MR) is 78.5 cm³/mol. The highest BCUT2D eigenvalue weighted by atomic mass is 16.4. The van der Waals surface area contributed by atoms with Crippen LogP contribution in [-0.2, 0) is 16.0 Å². The molecule has 1 amide bonds. The normalized spacial score (nSPS) is 12.8. The third-order valence-corrected chi connectivity index (χ3v) is 3.21. The minimum atomic E-state index is -0.979. The minimum Gasteiger partial charge on any atom is -0.480 e. The number of carboxylic acids is 1. The van der Waals surface area contributed by atoms with Crippen molar-refractivity contribution in [3.8, 4) is 0 Å². The van der Waals surface area contributed by atoms with E-state index in [9.17, 15) is 9.59 Å². The van der Waals surface area contributed by atoms with Gasteiger partial charge in [-0.05, 0) is 39.7 Å². The molecule has 1 N–H and O–H groups in total. The van der Waals surface area contributed by atoms with Crippen molar-refractivity contribution in [2.24, 2.45) is 0 Å². The van der Waals surface area contributed by atoms with Gasteiger partial charge in [0, 0.05) is 12.0 Å². The number of hydrogen-bond donors (Lipinski definition) is 1. The average molecular weight is 277 g/mol. The highest BCUT2D eigenvalue weighted by Gasteiger charge is 2.33. The van der Waals surface area contributed by atoms with E-state index in [4.69, 9.17) is 5.11 Å². The zero-order valence-corrected chi connectivity index (χ0v) is 12.6. The van der Waals surface area contributed by atoms with Crippen molar-refractivity contribution in [3.05, 3.63) is 35.9 Å². The highest BCUT2D eigenvalue weighted by molar-refractivity contribution is 5.84. The van der Waals surface area contributed by atoms with Gasteiger partial charge in [-0.25, -0.2) is 4.79 Å². The Morgan fingerprint density at radius 1 is 1.20 bits per heavy atom. The van der Waals surface area contributed by atoms with E-state index in [0.717, 1.165) is 5.56 Å². The number of rotatable bonds is 5. The van der Waals surface area contributed by atoms with Gasteiger partial charge in [0.1, 0.15) is 6.04 Å². The maximum Gasteiger partial charge on any atom is 0.326 e. The fourth-order valence-electron chi connectivity index (χ4n) is 2.30. The summed E-state index contributed by atoms with van der Waals surface area (Å²) in [5, 5.41) is 9.16. The summed E-state index contributed by atoms with van der Waals surface area (Å²) in [5.41, 5.74) is 0.573. The van der Waals surface area contributed by atoms with Gasteiger partial charge in [0.15, 0.2) is 0 Å². The summed E-state index contributed by atoms with van der Waals surface area (Å²) >= 11 is 0. The molecule has 0 bridgehead atoms. The number of carbonyl (C=O) groups is 2.